The molecule has 21 heavy (non-hydrogen) atoms. The van der Waals surface area contributed by atoms with E-state index in [2.05, 4.69) is 22.2 Å². The van der Waals surface area contributed by atoms with Crippen LogP contribution in [0.15, 0.2) is 12.4 Å². The van der Waals surface area contributed by atoms with Gasteiger partial charge < -0.3 is 4.90 Å². The van der Waals surface area contributed by atoms with Crippen LogP contribution >= 0.6 is 11.3 Å². The van der Waals surface area contributed by atoms with Crippen molar-refractivity contribution in [2.24, 2.45) is 0 Å². The zero-order chi connectivity index (χ0) is 14.8. The first kappa shape index (κ1) is 14.2. The Morgan fingerprint density at radius 3 is 3.19 bits per heavy atom. The summed E-state index contributed by atoms with van der Waals surface area (Å²) in [6, 6.07) is 0. The quantitative estimate of drug-likeness (QED) is 0.861. The van der Waals surface area contributed by atoms with Crippen molar-refractivity contribution in [2.75, 3.05) is 13.6 Å². The number of hydrogen-bond donors (Lipinski definition) is 0. The van der Waals surface area contributed by atoms with Gasteiger partial charge in [-0.1, -0.05) is 5.21 Å². The second-order valence-corrected chi connectivity index (χ2v) is 6.79. The topological polar surface area (TPSA) is 63.9 Å². The molecule has 0 N–H and O–H groups in total. The lowest BCUT2D eigenvalue weighted by molar-refractivity contribution is -0.131. The molecule has 2 aromatic heterocycles. The van der Waals surface area contributed by atoms with Crippen molar-refractivity contribution >= 4 is 17.2 Å². The summed E-state index contributed by atoms with van der Waals surface area (Å²) in [6.07, 6.45) is 6.71. The van der Waals surface area contributed by atoms with E-state index in [0.717, 1.165) is 24.4 Å². The maximum Gasteiger partial charge on any atom is 0.244 e. The zero-order valence-electron chi connectivity index (χ0n) is 12.3. The predicted octanol–water partition coefficient (Wildman–Crippen LogP) is 1.62. The van der Waals surface area contributed by atoms with E-state index in [1.807, 2.05) is 7.05 Å². The summed E-state index contributed by atoms with van der Waals surface area (Å²) >= 11 is 1.80. The molecule has 2 aromatic rings. The third-order valence-corrected chi connectivity index (χ3v) is 4.91. The first-order valence-corrected chi connectivity index (χ1v) is 7.99. The van der Waals surface area contributed by atoms with Gasteiger partial charge in [-0.15, -0.1) is 16.4 Å². The lowest BCUT2D eigenvalue weighted by Gasteiger charge is -2.26. The Morgan fingerprint density at radius 2 is 2.43 bits per heavy atom. The summed E-state index contributed by atoms with van der Waals surface area (Å²) < 4.78 is 1.55. The van der Waals surface area contributed by atoms with E-state index in [4.69, 9.17) is 0 Å². The minimum absolute atomic E-state index is 0.0552. The Labute approximate surface area is 127 Å². The van der Waals surface area contributed by atoms with Gasteiger partial charge in [0.25, 0.3) is 0 Å². The fourth-order valence-corrected chi connectivity index (χ4v) is 3.88. The molecule has 0 saturated heterocycles. The van der Waals surface area contributed by atoms with Crippen LogP contribution in [0, 0.1) is 6.92 Å². The molecule has 0 spiro atoms. The highest BCUT2D eigenvalue weighted by molar-refractivity contribution is 7.11. The van der Waals surface area contributed by atoms with Gasteiger partial charge in [0.1, 0.15) is 6.54 Å². The first-order chi connectivity index (χ1) is 10.1. The van der Waals surface area contributed by atoms with E-state index in [1.165, 1.54) is 17.0 Å². The molecule has 0 bridgehead atoms. The van der Waals surface area contributed by atoms with Crippen LogP contribution in [-0.2, 0) is 17.8 Å². The van der Waals surface area contributed by atoms with Crippen LogP contribution in [0.25, 0.3) is 0 Å². The van der Waals surface area contributed by atoms with Crippen LogP contribution < -0.4 is 0 Å². The summed E-state index contributed by atoms with van der Waals surface area (Å²) in [5.74, 6) is 0.419. The molecule has 7 heteroatoms. The monoisotopic (exact) mass is 305 g/mol. The number of aryl methyl sites for hydroxylation is 2. The smallest absolute Gasteiger partial charge is 0.244 e. The number of nitrogens with zero attached hydrogens (tertiary/aromatic N) is 5. The summed E-state index contributed by atoms with van der Waals surface area (Å²) in [5.41, 5.74) is 1.21. The molecule has 2 heterocycles. The van der Waals surface area contributed by atoms with Crippen molar-refractivity contribution in [3.8, 4) is 0 Å². The van der Waals surface area contributed by atoms with Crippen molar-refractivity contribution < 1.29 is 4.79 Å². The Morgan fingerprint density at radius 1 is 1.57 bits per heavy atom. The minimum atomic E-state index is 0.0552. The number of likely N-dealkylation sites (N-methyl/N-ethyl adjacent to an activating group) is 1. The Kier molecular flexibility index (Phi) is 4.01. The molecule has 1 amide bonds. The third kappa shape index (κ3) is 3.12. The molecule has 3 rings (SSSR count). The molecule has 1 aliphatic carbocycles. The number of thiazole rings is 1. The van der Waals surface area contributed by atoms with Crippen LogP contribution in [0.1, 0.15) is 34.3 Å². The van der Waals surface area contributed by atoms with Crippen molar-refractivity contribution in [1.29, 1.82) is 0 Å². The van der Waals surface area contributed by atoms with Crippen LogP contribution in [0.2, 0.25) is 0 Å². The van der Waals surface area contributed by atoms with Gasteiger partial charge in [0.2, 0.25) is 5.91 Å². The van der Waals surface area contributed by atoms with E-state index < -0.39 is 0 Å². The summed E-state index contributed by atoms with van der Waals surface area (Å²) in [6.45, 7) is 3.02. The highest BCUT2D eigenvalue weighted by Gasteiger charge is 2.26. The third-order valence-electron chi connectivity index (χ3n) is 3.87. The maximum absolute atomic E-state index is 12.2. The van der Waals surface area contributed by atoms with E-state index in [-0.39, 0.29) is 12.5 Å². The molecule has 0 aliphatic heterocycles. The van der Waals surface area contributed by atoms with Gasteiger partial charge in [0.15, 0.2) is 0 Å². The molecule has 0 unspecified atom stereocenters. The standard InChI is InChI=1S/C14H19N5OS/c1-10-16-14-11(4-3-5-12(14)21-10)8-18(2)13(20)9-19-7-6-15-17-19/h6-7,11H,3-5,8-9H2,1-2H3/t11-/m0/s1. The number of hydrogen-bond acceptors (Lipinski definition) is 5. The number of fused-ring (bicyclic) bond motifs is 1. The highest BCUT2D eigenvalue weighted by Crippen LogP contribution is 2.34. The van der Waals surface area contributed by atoms with Gasteiger partial charge in [-0.25, -0.2) is 9.67 Å². The highest BCUT2D eigenvalue weighted by atomic mass is 32.1. The van der Waals surface area contributed by atoms with Crippen LogP contribution in [0.3, 0.4) is 0 Å². The zero-order valence-corrected chi connectivity index (χ0v) is 13.1. The van der Waals surface area contributed by atoms with Crippen LogP contribution in [0.5, 0.6) is 0 Å². The lowest BCUT2D eigenvalue weighted by atomic mass is 9.90. The normalized spacial score (nSPS) is 17.5. The fourth-order valence-electron chi connectivity index (χ4n) is 2.82. The largest absolute Gasteiger partial charge is 0.343 e. The first-order valence-electron chi connectivity index (χ1n) is 7.17. The summed E-state index contributed by atoms with van der Waals surface area (Å²) in [4.78, 5) is 20.1. The SMILES string of the molecule is Cc1nc2c(s1)CCC[C@H]2CN(C)C(=O)Cn1ccnn1. The minimum Gasteiger partial charge on any atom is -0.343 e. The number of rotatable bonds is 4. The van der Waals surface area contributed by atoms with Crippen LogP contribution in [-0.4, -0.2) is 44.4 Å². The van der Waals surface area contributed by atoms with E-state index >= 15 is 0 Å². The molecule has 6 nitrogen and oxygen atoms in total. The summed E-state index contributed by atoms with van der Waals surface area (Å²) in [7, 11) is 1.85. The molecular weight excluding hydrogens is 286 g/mol. The van der Waals surface area contributed by atoms with Gasteiger partial charge in [0, 0.05) is 30.6 Å². The second-order valence-electron chi connectivity index (χ2n) is 5.51. The fraction of sp³-hybridized carbons (Fsp3) is 0.571. The number of amides is 1. The molecule has 0 radical (unpaired) electrons. The Balaban J connectivity index is 1.65. The van der Waals surface area contributed by atoms with Gasteiger partial charge in [-0.2, -0.15) is 0 Å². The summed E-state index contributed by atoms with van der Waals surface area (Å²) in [5, 5.41) is 8.68. The van der Waals surface area contributed by atoms with Gasteiger partial charge in [-0.05, 0) is 26.2 Å². The van der Waals surface area contributed by atoms with Crippen LogP contribution in [0.4, 0.5) is 0 Å². The van der Waals surface area contributed by atoms with E-state index in [0.29, 0.717) is 5.92 Å². The van der Waals surface area contributed by atoms with Gasteiger partial charge >= 0.3 is 0 Å². The lowest BCUT2D eigenvalue weighted by Crippen LogP contribution is -2.34. The second kappa shape index (κ2) is 5.93. The molecule has 0 fully saturated rings. The van der Waals surface area contributed by atoms with E-state index in [1.54, 1.807) is 33.3 Å². The number of carbonyl (C=O) groups excluding carboxylic acids is 1. The number of carbonyl (C=O) groups is 1. The average molecular weight is 305 g/mol. The van der Waals surface area contributed by atoms with Crippen molar-refractivity contribution in [2.45, 2.75) is 38.6 Å². The molecule has 1 atom stereocenters. The molecule has 0 aromatic carbocycles. The molecule has 0 saturated carbocycles. The number of aromatic nitrogens is 4. The van der Waals surface area contributed by atoms with Gasteiger partial charge in [0.05, 0.1) is 16.9 Å². The predicted molar refractivity (Wildman–Crippen MR) is 80.2 cm³/mol. The Hall–Kier alpha value is -1.76. The maximum atomic E-state index is 12.2. The average Bonchev–Trinajstić information content (AvgIpc) is 3.07. The molecular formula is C14H19N5OS. The molecule has 1 aliphatic rings. The van der Waals surface area contributed by atoms with Gasteiger partial charge in [-0.3, -0.25) is 4.79 Å². The van der Waals surface area contributed by atoms with E-state index in [9.17, 15) is 4.79 Å². The van der Waals surface area contributed by atoms with Crippen molar-refractivity contribution in [3.63, 3.8) is 0 Å². The Bertz CT molecular complexity index is 621. The van der Waals surface area contributed by atoms with Crippen molar-refractivity contribution in [3.05, 3.63) is 28.0 Å². The molecule has 112 valence electrons. The van der Waals surface area contributed by atoms with Crippen molar-refractivity contribution in [1.82, 2.24) is 24.9 Å².